The number of amides is 1. The molecule has 0 saturated carbocycles. The first kappa shape index (κ1) is 18.3. The number of benzene rings is 1. The second-order valence-electron chi connectivity index (χ2n) is 6.10. The molecule has 1 aromatic rings. The van der Waals surface area contributed by atoms with Crippen molar-refractivity contribution in [1.82, 2.24) is 0 Å². The summed E-state index contributed by atoms with van der Waals surface area (Å²) in [7, 11) is 1.58. The highest BCUT2D eigenvalue weighted by Crippen LogP contribution is 2.23. The van der Waals surface area contributed by atoms with Crippen molar-refractivity contribution in [3.05, 3.63) is 24.3 Å². The number of methoxy groups -OCH3 is 1. The number of likely N-dealkylation sites (tertiary alicyclic amines) is 1. The molecule has 1 aliphatic rings. The van der Waals surface area contributed by atoms with Gasteiger partial charge in [0.1, 0.15) is 5.75 Å². The Balaban J connectivity index is 1.89. The summed E-state index contributed by atoms with van der Waals surface area (Å²) in [5.74, 6) is 0.471. The molecule has 0 bridgehead atoms. The highest BCUT2D eigenvalue weighted by molar-refractivity contribution is 5.94. The third kappa shape index (κ3) is 4.47. The summed E-state index contributed by atoms with van der Waals surface area (Å²) in [4.78, 5) is 25.5. The number of hydrogen-bond acceptors (Lipinski definition) is 4. The molecular formula is C18H27N2O4+. The lowest BCUT2D eigenvalue weighted by atomic mass is 9.96. The molecule has 2 rings (SSSR count). The molecule has 6 nitrogen and oxygen atoms in total. The van der Waals surface area contributed by atoms with Gasteiger partial charge in [-0.1, -0.05) is 12.1 Å². The van der Waals surface area contributed by atoms with E-state index in [4.69, 9.17) is 9.47 Å². The zero-order chi connectivity index (χ0) is 17.5. The third-order valence-corrected chi connectivity index (χ3v) is 4.62. The fourth-order valence-electron chi connectivity index (χ4n) is 3.09. The molecule has 1 saturated heterocycles. The Kier molecular flexibility index (Phi) is 6.61. The summed E-state index contributed by atoms with van der Waals surface area (Å²) in [6.07, 6.45) is 1.53. The van der Waals surface area contributed by atoms with Gasteiger partial charge in [0.15, 0.2) is 6.04 Å². The average molecular weight is 335 g/mol. The Morgan fingerprint density at radius 2 is 1.96 bits per heavy atom. The smallest absolute Gasteiger partial charge is 0.309 e. The topological polar surface area (TPSA) is 69.1 Å². The first-order chi connectivity index (χ1) is 11.6. The van der Waals surface area contributed by atoms with Gasteiger partial charge in [0.05, 0.1) is 38.4 Å². The van der Waals surface area contributed by atoms with Crippen LogP contribution >= 0.6 is 0 Å². The number of piperidine rings is 1. The van der Waals surface area contributed by atoms with Crippen LogP contribution in [-0.4, -0.2) is 44.7 Å². The van der Waals surface area contributed by atoms with Crippen molar-refractivity contribution in [3.8, 4) is 5.75 Å². The van der Waals surface area contributed by atoms with Crippen LogP contribution in [0.25, 0.3) is 0 Å². The molecule has 24 heavy (non-hydrogen) atoms. The van der Waals surface area contributed by atoms with E-state index in [1.165, 1.54) is 4.90 Å². The molecule has 0 spiro atoms. The maximum Gasteiger partial charge on any atom is 0.309 e. The lowest BCUT2D eigenvalue weighted by Gasteiger charge is -2.31. The highest BCUT2D eigenvalue weighted by atomic mass is 16.5. The van der Waals surface area contributed by atoms with Gasteiger partial charge in [0, 0.05) is 12.8 Å². The first-order valence-corrected chi connectivity index (χ1v) is 8.51. The summed E-state index contributed by atoms with van der Waals surface area (Å²) >= 11 is 0. The van der Waals surface area contributed by atoms with Crippen LogP contribution in [-0.2, 0) is 14.3 Å². The van der Waals surface area contributed by atoms with E-state index in [2.05, 4.69) is 5.32 Å². The van der Waals surface area contributed by atoms with Gasteiger partial charge in [0.2, 0.25) is 0 Å². The number of esters is 1. The largest absolute Gasteiger partial charge is 0.495 e. The molecule has 1 fully saturated rings. The van der Waals surface area contributed by atoms with Crippen molar-refractivity contribution in [2.75, 3.05) is 32.1 Å². The molecule has 1 aliphatic heterocycles. The molecule has 2 N–H and O–H groups in total. The van der Waals surface area contributed by atoms with Gasteiger partial charge in [-0.25, -0.2) is 0 Å². The Morgan fingerprint density at radius 3 is 2.58 bits per heavy atom. The van der Waals surface area contributed by atoms with E-state index in [0.29, 0.717) is 18.0 Å². The third-order valence-electron chi connectivity index (χ3n) is 4.62. The van der Waals surface area contributed by atoms with Crippen LogP contribution in [0.2, 0.25) is 0 Å². The average Bonchev–Trinajstić information content (AvgIpc) is 2.61. The summed E-state index contributed by atoms with van der Waals surface area (Å²) in [6, 6.07) is 7.19. The van der Waals surface area contributed by atoms with Gasteiger partial charge in [-0.3, -0.25) is 9.59 Å². The fraction of sp³-hybridized carbons (Fsp3) is 0.556. The molecule has 132 valence electrons. The minimum absolute atomic E-state index is 0.0295. The fourth-order valence-corrected chi connectivity index (χ4v) is 3.09. The second-order valence-corrected chi connectivity index (χ2v) is 6.10. The second kappa shape index (κ2) is 8.68. The minimum Gasteiger partial charge on any atom is -0.495 e. The lowest BCUT2D eigenvalue weighted by molar-refractivity contribution is -0.919. The van der Waals surface area contributed by atoms with Crippen LogP contribution in [0.1, 0.15) is 26.7 Å². The van der Waals surface area contributed by atoms with Gasteiger partial charge in [-0.15, -0.1) is 0 Å². The molecule has 0 radical (unpaired) electrons. The van der Waals surface area contributed by atoms with Crippen molar-refractivity contribution < 1.29 is 24.0 Å². The van der Waals surface area contributed by atoms with Crippen molar-refractivity contribution in [1.29, 1.82) is 0 Å². The van der Waals surface area contributed by atoms with E-state index in [0.717, 1.165) is 25.9 Å². The Hall–Kier alpha value is -2.08. The minimum atomic E-state index is -0.182. The van der Waals surface area contributed by atoms with Crippen LogP contribution in [0.15, 0.2) is 24.3 Å². The number of hydrogen-bond donors (Lipinski definition) is 2. The van der Waals surface area contributed by atoms with Crippen molar-refractivity contribution in [3.63, 3.8) is 0 Å². The summed E-state index contributed by atoms with van der Waals surface area (Å²) < 4.78 is 10.3. The lowest BCUT2D eigenvalue weighted by Crippen LogP contribution is -3.17. The van der Waals surface area contributed by atoms with Crippen molar-refractivity contribution >= 4 is 17.6 Å². The predicted octanol–water partition coefficient (Wildman–Crippen LogP) is 0.880. The molecule has 0 aliphatic carbocycles. The number of quaternary nitrogens is 1. The number of carbonyl (C=O) groups is 2. The molecule has 0 unspecified atom stereocenters. The zero-order valence-corrected chi connectivity index (χ0v) is 14.6. The zero-order valence-electron chi connectivity index (χ0n) is 14.6. The molecule has 1 atom stereocenters. The van der Waals surface area contributed by atoms with Gasteiger partial charge in [0.25, 0.3) is 5.91 Å². The molecule has 1 aromatic carbocycles. The van der Waals surface area contributed by atoms with Gasteiger partial charge in [-0.2, -0.15) is 0 Å². The van der Waals surface area contributed by atoms with Gasteiger partial charge < -0.3 is 19.7 Å². The number of carbonyl (C=O) groups excluding carboxylic acids is 2. The standard InChI is InChI=1S/C18H26N2O4/c1-4-24-18(22)14-9-11-20(12-10-14)13(2)17(21)19-15-7-5-6-8-16(15)23-3/h5-8,13-14H,4,9-12H2,1-3H3,(H,19,21)/p+1/t13-/m0/s1. The van der Waals surface area contributed by atoms with Crippen LogP contribution in [0, 0.1) is 5.92 Å². The van der Waals surface area contributed by atoms with Crippen LogP contribution in [0.5, 0.6) is 5.75 Å². The van der Waals surface area contributed by atoms with Gasteiger partial charge in [-0.05, 0) is 26.0 Å². The monoisotopic (exact) mass is 335 g/mol. The molecule has 1 heterocycles. The van der Waals surface area contributed by atoms with E-state index >= 15 is 0 Å². The summed E-state index contributed by atoms with van der Waals surface area (Å²) in [5, 5.41) is 2.94. The van der Waals surface area contributed by atoms with Crippen LogP contribution in [0.4, 0.5) is 5.69 Å². The van der Waals surface area contributed by atoms with Crippen molar-refractivity contribution in [2.45, 2.75) is 32.7 Å². The number of ether oxygens (including phenoxy) is 2. The van der Waals surface area contributed by atoms with E-state index in [9.17, 15) is 9.59 Å². The SMILES string of the molecule is CCOC(=O)C1CC[NH+]([C@@H](C)C(=O)Nc2ccccc2OC)CC1. The number of nitrogens with one attached hydrogen (secondary N) is 2. The van der Waals surface area contributed by atoms with Crippen LogP contribution in [0.3, 0.4) is 0 Å². The van der Waals surface area contributed by atoms with E-state index in [1.54, 1.807) is 7.11 Å². The van der Waals surface area contributed by atoms with E-state index < -0.39 is 0 Å². The first-order valence-electron chi connectivity index (χ1n) is 8.51. The number of para-hydroxylation sites is 2. The predicted molar refractivity (Wildman–Crippen MR) is 91.1 cm³/mol. The maximum atomic E-state index is 12.5. The quantitative estimate of drug-likeness (QED) is 0.757. The summed E-state index contributed by atoms with van der Waals surface area (Å²) in [5.41, 5.74) is 0.678. The Bertz CT molecular complexity index is 568. The highest BCUT2D eigenvalue weighted by Gasteiger charge is 2.33. The molecule has 1 amide bonds. The molecule has 6 heteroatoms. The maximum absolute atomic E-state index is 12.5. The number of rotatable bonds is 6. The molecule has 0 aromatic heterocycles. The number of anilines is 1. The summed E-state index contributed by atoms with van der Waals surface area (Å²) in [6.45, 7) is 5.75. The van der Waals surface area contributed by atoms with Gasteiger partial charge >= 0.3 is 5.97 Å². The van der Waals surface area contributed by atoms with Crippen molar-refractivity contribution in [2.24, 2.45) is 5.92 Å². The van der Waals surface area contributed by atoms with Crippen LogP contribution < -0.4 is 15.0 Å². The van der Waals surface area contributed by atoms with E-state index in [1.807, 2.05) is 38.1 Å². The van der Waals surface area contributed by atoms with E-state index in [-0.39, 0.29) is 23.8 Å². The molecular weight excluding hydrogens is 308 g/mol. The Labute approximate surface area is 143 Å². The normalized spacial score (nSPS) is 21.6. The Morgan fingerprint density at radius 1 is 1.29 bits per heavy atom.